The average Bonchev–Trinajstić information content (AvgIpc) is 2.37. The monoisotopic (exact) mass is 248 g/mol. The fourth-order valence-corrected chi connectivity index (χ4v) is 1.81. The second-order valence-corrected chi connectivity index (χ2v) is 4.83. The van der Waals surface area contributed by atoms with Crippen LogP contribution in [0.15, 0.2) is 24.3 Å². The molecule has 0 aromatic heterocycles. The van der Waals surface area contributed by atoms with E-state index in [2.05, 4.69) is 6.92 Å². The number of rotatable bonds is 7. The predicted octanol–water partition coefficient (Wildman–Crippen LogP) is 2.12. The molecule has 2 N–H and O–H groups in total. The van der Waals surface area contributed by atoms with Gasteiger partial charge in [0.25, 0.3) is 0 Å². The van der Waals surface area contributed by atoms with E-state index in [1.54, 1.807) is 0 Å². The van der Waals surface area contributed by atoms with E-state index in [1.807, 2.05) is 36.2 Å². The van der Waals surface area contributed by atoms with Gasteiger partial charge in [0, 0.05) is 13.6 Å². The molecule has 100 valence electrons. The third kappa shape index (κ3) is 5.32. The van der Waals surface area contributed by atoms with Crippen molar-refractivity contribution in [1.82, 2.24) is 4.90 Å². The Balaban J connectivity index is 2.33. The quantitative estimate of drug-likeness (QED) is 0.751. The Labute approximate surface area is 110 Å². The third-order valence-electron chi connectivity index (χ3n) is 3.10. The molecular formula is C15H24N2O. The molecule has 0 radical (unpaired) electrons. The molecule has 1 aromatic rings. The zero-order chi connectivity index (χ0) is 13.4. The van der Waals surface area contributed by atoms with Crippen LogP contribution in [0.1, 0.15) is 30.4 Å². The van der Waals surface area contributed by atoms with Gasteiger partial charge in [-0.15, -0.1) is 0 Å². The fraction of sp³-hybridized carbons (Fsp3) is 0.533. The van der Waals surface area contributed by atoms with Crippen molar-refractivity contribution in [2.24, 2.45) is 5.73 Å². The second kappa shape index (κ2) is 7.88. The standard InChI is InChI=1S/C15H24N2O/c1-13-6-8-14(9-7-13)12-15(18)17(2)11-5-3-4-10-16/h6-9H,3-5,10-12,16H2,1-2H3. The van der Waals surface area contributed by atoms with Gasteiger partial charge in [-0.3, -0.25) is 4.79 Å². The van der Waals surface area contributed by atoms with Crippen LogP contribution in [-0.4, -0.2) is 30.9 Å². The summed E-state index contributed by atoms with van der Waals surface area (Å²) in [6.07, 6.45) is 3.67. The fourth-order valence-electron chi connectivity index (χ4n) is 1.81. The third-order valence-corrected chi connectivity index (χ3v) is 3.10. The first-order valence-electron chi connectivity index (χ1n) is 6.63. The van der Waals surface area contributed by atoms with Crippen molar-refractivity contribution in [2.75, 3.05) is 20.1 Å². The largest absolute Gasteiger partial charge is 0.345 e. The average molecular weight is 248 g/mol. The number of amides is 1. The molecular weight excluding hydrogens is 224 g/mol. The topological polar surface area (TPSA) is 46.3 Å². The van der Waals surface area contributed by atoms with Crippen LogP contribution in [0.2, 0.25) is 0 Å². The van der Waals surface area contributed by atoms with Gasteiger partial charge in [0.05, 0.1) is 6.42 Å². The van der Waals surface area contributed by atoms with Gasteiger partial charge >= 0.3 is 0 Å². The predicted molar refractivity (Wildman–Crippen MR) is 75.4 cm³/mol. The Hall–Kier alpha value is -1.35. The molecule has 3 nitrogen and oxygen atoms in total. The number of carbonyl (C=O) groups excluding carboxylic acids is 1. The number of hydrogen-bond acceptors (Lipinski definition) is 2. The number of carbonyl (C=O) groups is 1. The zero-order valence-electron chi connectivity index (χ0n) is 11.5. The summed E-state index contributed by atoms with van der Waals surface area (Å²) in [4.78, 5) is 13.8. The molecule has 18 heavy (non-hydrogen) atoms. The Bertz CT molecular complexity index is 359. The van der Waals surface area contributed by atoms with Gasteiger partial charge < -0.3 is 10.6 Å². The van der Waals surface area contributed by atoms with Gasteiger partial charge in [-0.1, -0.05) is 36.2 Å². The van der Waals surface area contributed by atoms with Crippen molar-refractivity contribution >= 4 is 5.91 Å². The van der Waals surface area contributed by atoms with E-state index < -0.39 is 0 Å². The summed E-state index contributed by atoms with van der Waals surface area (Å²) >= 11 is 0. The summed E-state index contributed by atoms with van der Waals surface area (Å²) < 4.78 is 0. The lowest BCUT2D eigenvalue weighted by Crippen LogP contribution is -2.29. The van der Waals surface area contributed by atoms with Crippen molar-refractivity contribution in [1.29, 1.82) is 0 Å². The summed E-state index contributed by atoms with van der Waals surface area (Å²) in [5.41, 5.74) is 7.75. The van der Waals surface area contributed by atoms with Gasteiger partial charge in [-0.25, -0.2) is 0 Å². The lowest BCUT2D eigenvalue weighted by atomic mass is 10.1. The second-order valence-electron chi connectivity index (χ2n) is 4.83. The minimum atomic E-state index is 0.187. The van der Waals surface area contributed by atoms with Crippen LogP contribution in [0, 0.1) is 6.92 Å². The van der Waals surface area contributed by atoms with Crippen molar-refractivity contribution in [3.63, 3.8) is 0 Å². The highest BCUT2D eigenvalue weighted by Gasteiger charge is 2.08. The van der Waals surface area contributed by atoms with Crippen LogP contribution in [0.5, 0.6) is 0 Å². The van der Waals surface area contributed by atoms with Crippen LogP contribution in [0.4, 0.5) is 0 Å². The van der Waals surface area contributed by atoms with E-state index in [0.717, 1.165) is 37.9 Å². The summed E-state index contributed by atoms with van der Waals surface area (Å²) in [6, 6.07) is 8.14. The Morgan fingerprint density at radius 2 is 1.83 bits per heavy atom. The smallest absolute Gasteiger partial charge is 0.226 e. The minimum Gasteiger partial charge on any atom is -0.345 e. The van der Waals surface area contributed by atoms with Crippen molar-refractivity contribution in [3.05, 3.63) is 35.4 Å². The summed E-state index contributed by atoms with van der Waals surface area (Å²) in [5, 5.41) is 0. The van der Waals surface area contributed by atoms with Gasteiger partial charge in [-0.2, -0.15) is 0 Å². The highest BCUT2D eigenvalue weighted by atomic mass is 16.2. The zero-order valence-corrected chi connectivity index (χ0v) is 11.5. The molecule has 0 aliphatic rings. The lowest BCUT2D eigenvalue weighted by molar-refractivity contribution is -0.129. The molecule has 0 aliphatic carbocycles. The highest BCUT2D eigenvalue weighted by molar-refractivity contribution is 5.78. The first-order chi connectivity index (χ1) is 8.63. The first-order valence-corrected chi connectivity index (χ1v) is 6.63. The SMILES string of the molecule is Cc1ccc(CC(=O)N(C)CCCCCN)cc1. The van der Waals surface area contributed by atoms with Gasteiger partial charge in [0.15, 0.2) is 0 Å². The molecule has 0 saturated carbocycles. The van der Waals surface area contributed by atoms with Crippen LogP contribution >= 0.6 is 0 Å². The molecule has 0 fully saturated rings. The summed E-state index contributed by atoms with van der Waals surface area (Å²) in [7, 11) is 1.87. The lowest BCUT2D eigenvalue weighted by Gasteiger charge is -2.17. The molecule has 0 atom stereocenters. The van der Waals surface area contributed by atoms with Crippen LogP contribution < -0.4 is 5.73 Å². The summed E-state index contributed by atoms with van der Waals surface area (Å²) in [6.45, 7) is 3.61. The Kier molecular flexibility index (Phi) is 6.44. The van der Waals surface area contributed by atoms with Gasteiger partial charge in [-0.05, 0) is 31.9 Å². The maximum atomic E-state index is 12.0. The number of unbranched alkanes of at least 4 members (excludes halogenated alkanes) is 2. The van der Waals surface area contributed by atoms with E-state index in [9.17, 15) is 4.79 Å². The Morgan fingerprint density at radius 1 is 1.17 bits per heavy atom. The van der Waals surface area contributed by atoms with E-state index in [4.69, 9.17) is 5.73 Å². The van der Waals surface area contributed by atoms with Crippen molar-refractivity contribution < 1.29 is 4.79 Å². The molecule has 0 saturated heterocycles. The van der Waals surface area contributed by atoms with E-state index >= 15 is 0 Å². The van der Waals surface area contributed by atoms with Crippen molar-refractivity contribution in [3.8, 4) is 0 Å². The maximum absolute atomic E-state index is 12.0. The van der Waals surface area contributed by atoms with E-state index in [1.165, 1.54) is 5.56 Å². The molecule has 1 aromatic carbocycles. The molecule has 1 amide bonds. The molecule has 0 aliphatic heterocycles. The van der Waals surface area contributed by atoms with Gasteiger partial charge in [0.2, 0.25) is 5.91 Å². The number of benzene rings is 1. The Morgan fingerprint density at radius 3 is 2.44 bits per heavy atom. The normalized spacial score (nSPS) is 10.4. The molecule has 0 spiro atoms. The molecule has 0 heterocycles. The molecule has 3 heteroatoms. The van der Waals surface area contributed by atoms with Crippen LogP contribution in [0.3, 0.4) is 0 Å². The first kappa shape index (κ1) is 14.7. The maximum Gasteiger partial charge on any atom is 0.226 e. The van der Waals surface area contributed by atoms with E-state index in [0.29, 0.717) is 6.42 Å². The summed E-state index contributed by atoms with van der Waals surface area (Å²) in [5.74, 6) is 0.187. The number of nitrogens with two attached hydrogens (primary N) is 1. The minimum absolute atomic E-state index is 0.187. The molecule has 0 bridgehead atoms. The van der Waals surface area contributed by atoms with E-state index in [-0.39, 0.29) is 5.91 Å². The van der Waals surface area contributed by atoms with Crippen LogP contribution in [0.25, 0.3) is 0 Å². The number of hydrogen-bond donors (Lipinski definition) is 1. The number of aryl methyl sites for hydroxylation is 1. The highest BCUT2D eigenvalue weighted by Crippen LogP contribution is 2.06. The van der Waals surface area contributed by atoms with Gasteiger partial charge in [0.1, 0.15) is 0 Å². The molecule has 1 rings (SSSR count). The van der Waals surface area contributed by atoms with Crippen LogP contribution in [-0.2, 0) is 11.2 Å². The number of likely N-dealkylation sites (N-methyl/N-ethyl adjacent to an activating group) is 1. The van der Waals surface area contributed by atoms with Crippen molar-refractivity contribution in [2.45, 2.75) is 32.6 Å². The number of nitrogens with zero attached hydrogens (tertiary/aromatic N) is 1. The molecule has 0 unspecified atom stereocenters.